The molecule has 3 aromatic rings. The Bertz CT molecular complexity index is 966. The molecule has 0 bridgehead atoms. The van der Waals surface area contributed by atoms with Crippen LogP contribution in [0.1, 0.15) is 9.67 Å². The van der Waals surface area contributed by atoms with E-state index >= 15 is 0 Å². The number of hydrogen-bond donors (Lipinski definition) is 1. The van der Waals surface area contributed by atoms with Crippen molar-refractivity contribution in [2.24, 2.45) is 0 Å². The lowest BCUT2D eigenvalue weighted by Crippen LogP contribution is -2.48. The summed E-state index contributed by atoms with van der Waals surface area (Å²) < 4.78 is 7.08. The van der Waals surface area contributed by atoms with E-state index in [9.17, 15) is 4.79 Å². The van der Waals surface area contributed by atoms with Gasteiger partial charge in [0, 0.05) is 39.3 Å². The highest BCUT2D eigenvalue weighted by Crippen LogP contribution is 2.31. The van der Waals surface area contributed by atoms with Gasteiger partial charge in [-0.05, 0) is 30.3 Å². The largest absolute Gasteiger partial charge is 0.497 e. The first-order valence-electron chi connectivity index (χ1n) is 9.08. The predicted octanol–water partition coefficient (Wildman–Crippen LogP) is 3.57. The molecule has 2 aromatic heterocycles. The van der Waals surface area contributed by atoms with Gasteiger partial charge >= 0.3 is 0 Å². The van der Waals surface area contributed by atoms with Gasteiger partial charge in [0.25, 0.3) is 5.91 Å². The van der Waals surface area contributed by atoms with Crippen LogP contribution in [0.25, 0.3) is 10.2 Å². The third-order valence-corrected chi connectivity index (χ3v) is 7.05. The average molecular weight is 437 g/mol. The van der Waals surface area contributed by atoms with Crippen LogP contribution in [0, 0.1) is 0 Å². The summed E-state index contributed by atoms with van der Waals surface area (Å²) in [4.78, 5) is 22.2. The highest BCUT2D eigenvalue weighted by Gasteiger charge is 2.20. The quantitative estimate of drug-likeness (QED) is 0.640. The molecule has 1 aliphatic heterocycles. The molecule has 1 aliphatic rings. The second kappa shape index (κ2) is 8.65. The van der Waals surface area contributed by atoms with E-state index in [-0.39, 0.29) is 5.91 Å². The number of nitrogens with one attached hydrogen (secondary N) is 1. The third kappa shape index (κ3) is 4.41. The number of carbonyl (C=O) groups is 1. The van der Waals surface area contributed by atoms with E-state index in [1.54, 1.807) is 30.6 Å². The minimum atomic E-state index is -0.0551. The van der Waals surface area contributed by atoms with Gasteiger partial charge in [0.2, 0.25) is 0 Å². The minimum Gasteiger partial charge on any atom is -0.497 e. The number of piperazine rings is 1. The zero-order valence-corrected chi connectivity index (χ0v) is 17.9. The van der Waals surface area contributed by atoms with Gasteiger partial charge in [-0.3, -0.25) is 9.69 Å². The molecule has 28 heavy (non-hydrogen) atoms. The number of aromatic nitrogens is 1. The third-order valence-electron chi connectivity index (χ3n) is 4.74. The van der Waals surface area contributed by atoms with Crippen LogP contribution in [0.5, 0.6) is 5.75 Å². The number of thiophene rings is 1. The van der Waals surface area contributed by atoms with E-state index < -0.39 is 0 Å². The Hall–Kier alpha value is -1.87. The molecule has 0 aliphatic carbocycles. The van der Waals surface area contributed by atoms with Gasteiger partial charge in [0.05, 0.1) is 26.5 Å². The van der Waals surface area contributed by atoms with Crippen LogP contribution in [-0.4, -0.2) is 62.2 Å². The van der Waals surface area contributed by atoms with Crippen LogP contribution in [-0.2, 0) is 0 Å². The van der Waals surface area contributed by atoms with Gasteiger partial charge < -0.3 is 15.0 Å². The SMILES string of the molecule is COc1ccc2nc(N3CCN(CCNC(=O)c4ccc(Cl)s4)CC3)sc2c1. The van der Waals surface area contributed by atoms with Crippen LogP contribution in [0.15, 0.2) is 30.3 Å². The van der Waals surface area contributed by atoms with Crippen LogP contribution >= 0.6 is 34.3 Å². The molecule has 1 aromatic carbocycles. The number of ether oxygens (including phenoxy) is 1. The number of amides is 1. The van der Waals surface area contributed by atoms with Crippen molar-refractivity contribution in [2.75, 3.05) is 51.3 Å². The highest BCUT2D eigenvalue weighted by atomic mass is 35.5. The Balaban J connectivity index is 1.26. The van der Waals surface area contributed by atoms with Crippen molar-refractivity contribution >= 4 is 55.5 Å². The first-order chi connectivity index (χ1) is 13.6. The monoisotopic (exact) mass is 436 g/mol. The topological polar surface area (TPSA) is 57.7 Å². The van der Waals surface area contributed by atoms with E-state index in [2.05, 4.69) is 15.1 Å². The summed E-state index contributed by atoms with van der Waals surface area (Å²) in [6.07, 6.45) is 0. The van der Waals surface area contributed by atoms with Crippen molar-refractivity contribution in [3.05, 3.63) is 39.5 Å². The Morgan fingerprint density at radius 1 is 1.21 bits per heavy atom. The number of benzene rings is 1. The van der Waals surface area contributed by atoms with Crippen molar-refractivity contribution in [3.63, 3.8) is 0 Å². The fourth-order valence-electron chi connectivity index (χ4n) is 3.17. The lowest BCUT2D eigenvalue weighted by Gasteiger charge is -2.34. The molecular weight excluding hydrogens is 416 g/mol. The molecule has 4 rings (SSSR count). The number of methoxy groups -OCH3 is 1. The molecule has 0 unspecified atom stereocenters. The molecule has 6 nitrogen and oxygen atoms in total. The summed E-state index contributed by atoms with van der Waals surface area (Å²) in [5, 5.41) is 4.03. The predicted molar refractivity (Wildman–Crippen MR) is 116 cm³/mol. The smallest absolute Gasteiger partial charge is 0.261 e. The fraction of sp³-hybridized carbons (Fsp3) is 0.368. The standard InChI is InChI=1S/C19H21ClN4O2S2/c1-26-13-2-3-14-16(12-13)28-19(22-14)24-10-8-23(9-11-24)7-6-21-18(25)15-4-5-17(20)27-15/h2-5,12H,6-11H2,1H3,(H,21,25). The van der Waals surface area contributed by atoms with Gasteiger partial charge in [0.1, 0.15) is 5.75 Å². The number of carbonyl (C=O) groups excluding carboxylic acids is 1. The van der Waals surface area contributed by atoms with Crippen molar-refractivity contribution in [1.29, 1.82) is 0 Å². The second-order valence-electron chi connectivity index (χ2n) is 6.52. The summed E-state index contributed by atoms with van der Waals surface area (Å²) in [6, 6.07) is 9.50. The van der Waals surface area contributed by atoms with Gasteiger partial charge in [0.15, 0.2) is 5.13 Å². The Morgan fingerprint density at radius 2 is 2.04 bits per heavy atom. The second-order valence-corrected chi connectivity index (χ2v) is 9.24. The molecular formula is C19H21ClN4O2S2. The maximum Gasteiger partial charge on any atom is 0.261 e. The van der Waals surface area contributed by atoms with Crippen LogP contribution in [0.2, 0.25) is 4.34 Å². The van der Waals surface area contributed by atoms with Gasteiger partial charge in [-0.25, -0.2) is 4.98 Å². The number of hydrogen-bond acceptors (Lipinski definition) is 7. The van der Waals surface area contributed by atoms with Crippen LogP contribution in [0.3, 0.4) is 0 Å². The molecule has 3 heterocycles. The zero-order valence-electron chi connectivity index (χ0n) is 15.5. The molecule has 9 heteroatoms. The van der Waals surface area contributed by atoms with E-state index in [1.807, 2.05) is 18.2 Å². The van der Waals surface area contributed by atoms with Gasteiger partial charge in [-0.2, -0.15) is 0 Å². The van der Waals surface area contributed by atoms with Crippen molar-refractivity contribution < 1.29 is 9.53 Å². The number of halogens is 1. The Labute approximate surface area is 176 Å². The summed E-state index contributed by atoms with van der Waals surface area (Å²) in [6.45, 7) is 5.27. The van der Waals surface area contributed by atoms with Gasteiger partial charge in [-0.15, -0.1) is 11.3 Å². The average Bonchev–Trinajstić information content (AvgIpc) is 3.34. The maximum atomic E-state index is 12.1. The zero-order chi connectivity index (χ0) is 19.5. The van der Waals surface area contributed by atoms with E-state index in [0.717, 1.165) is 53.8 Å². The number of rotatable bonds is 6. The molecule has 1 saturated heterocycles. The maximum absolute atomic E-state index is 12.1. The first-order valence-corrected chi connectivity index (χ1v) is 11.1. The highest BCUT2D eigenvalue weighted by molar-refractivity contribution is 7.22. The first kappa shape index (κ1) is 19.4. The number of nitrogens with zero attached hydrogens (tertiary/aromatic N) is 3. The fourth-order valence-corrected chi connectivity index (χ4v) is 5.17. The minimum absolute atomic E-state index is 0.0551. The summed E-state index contributed by atoms with van der Waals surface area (Å²) >= 11 is 8.89. The van der Waals surface area contributed by atoms with Crippen LogP contribution in [0.4, 0.5) is 5.13 Å². The van der Waals surface area contributed by atoms with Crippen molar-refractivity contribution in [2.45, 2.75) is 0 Å². The molecule has 1 N–H and O–H groups in total. The lowest BCUT2D eigenvalue weighted by atomic mass is 10.3. The van der Waals surface area contributed by atoms with E-state index in [1.165, 1.54) is 11.3 Å². The number of fused-ring (bicyclic) bond motifs is 1. The molecule has 148 valence electrons. The number of thiazole rings is 1. The molecule has 0 radical (unpaired) electrons. The summed E-state index contributed by atoms with van der Waals surface area (Å²) in [5.74, 6) is 0.805. The van der Waals surface area contributed by atoms with Crippen molar-refractivity contribution in [1.82, 2.24) is 15.2 Å². The normalized spacial score (nSPS) is 15.1. The van der Waals surface area contributed by atoms with Crippen LogP contribution < -0.4 is 15.0 Å². The van der Waals surface area contributed by atoms with Gasteiger partial charge in [-0.1, -0.05) is 22.9 Å². The summed E-state index contributed by atoms with van der Waals surface area (Å²) in [5.41, 5.74) is 1.01. The van der Waals surface area contributed by atoms with E-state index in [0.29, 0.717) is 15.8 Å². The Kier molecular flexibility index (Phi) is 6.01. The lowest BCUT2D eigenvalue weighted by molar-refractivity contribution is 0.0952. The van der Waals surface area contributed by atoms with E-state index in [4.69, 9.17) is 21.3 Å². The Morgan fingerprint density at radius 3 is 2.75 bits per heavy atom. The van der Waals surface area contributed by atoms with Crippen molar-refractivity contribution in [3.8, 4) is 5.75 Å². The summed E-state index contributed by atoms with van der Waals surface area (Å²) in [7, 11) is 1.68. The molecule has 0 saturated carbocycles. The molecule has 0 spiro atoms. The molecule has 0 atom stereocenters. The molecule has 1 fully saturated rings. The molecule has 1 amide bonds. The number of anilines is 1.